The average molecular weight is 437 g/mol. The van der Waals surface area contributed by atoms with E-state index in [9.17, 15) is 4.79 Å². The topological polar surface area (TPSA) is 42.0 Å². The Balaban J connectivity index is 1.35. The van der Waals surface area contributed by atoms with Crippen LogP contribution in [0.1, 0.15) is 49.7 Å². The van der Waals surface area contributed by atoms with Crippen LogP contribution in [-0.4, -0.2) is 49.0 Å². The maximum atomic E-state index is 13.1. The molecule has 1 unspecified atom stereocenters. The maximum Gasteiger partial charge on any atom is 0.226 e. The number of ether oxygens (including phenoxy) is 2. The average Bonchev–Trinajstić information content (AvgIpc) is 3.13. The van der Waals surface area contributed by atoms with E-state index in [0.717, 1.165) is 75.5 Å². The molecule has 0 spiro atoms. The number of nitrogens with zero attached hydrogens (tertiary/aromatic N) is 2. The van der Waals surface area contributed by atoms with Crippen molar-refractivity contribution in [3.05, 3.63) is 59.7 Å². The number of carbonyl (C=O) groups excluding carboxylic acids is 1. The van der Waals surface area contributed by atoms with E-state index in [1.807, 2.05) is 24.3 Å². The molecule has 172 valence electrons. The number of methoxy groups -OCH3 is 1. The van der Waals surface area contributed by atoms with Gasteiger partial charge in [0, 0.05) is 26.2 Å². The van der Waals surface area contributed by atoms with Gasteiger partial charge in [-0.3, -0.25) is 9.69 Å². The molecule has 0 aliphatic carbocycles. The molecule has 0 saturated carbocycles. The largest absolute Gasteiger partial charge is 0.493 e. The van der Waals surface area contributed by atoms with E-state index < -0.39 is 0 Å². The minimum Gasteiger partial charge on any atom is -0.493 e. The lowest BCUT2D eigenvalue weighted by Crippen LogP contribution is -2.44. The van der Waals surface area contributed by atoms with Crippen molar-refractivity contribution in [2.24, 2.45) is 5.92 Å². The second-order valence-electron chi connectivity index (χ2n) is 9.07. The van der Waals surface area contributed by atoms with Crippen LogP contribution in [-0.2, 0) is 17.9 Å². The van der Waals surface area contributed by atoms with E-state index in [2.05, 4.69) is 34.1 Å². The highest BCUT2D eigenvalue weighted by molar-refractivity contribution is 5.79. The predicted molar refractivity (Wildman–Crippen MR) is 127 cm³/mol. The Bertz CT molecular complexity index is 862. The first-order valence-corrected chi connectivity index (χ1v) is 12.1. The molecule has 2 saturated heterocycles. The Kier molecular flexibility index (Phi) is 8.05. The van der Waals surface area contributed by atoms with E-state index in [-0.39, 0.29) is 5.92 Å². The second kappa shape index (κ2) is 11.4. The third-order valence-electron chi connectivity index (χ3n) is 6.64. The molecule has 0 bridgehead atoms. The third kappa shape index (κ3) is 6.04. The zero-order chi connectivity index (χ0) is 22.2. The van der Waals surface area contributed by atoms with Gasteiger partial charge >= 0.3 is 0 Å². The zero-order valence-electron chi connectivity index (χ0n) is 19.3. The summed E-state index contributed by atoms with van der Waals surface area (Å²) in [5.41, 5.74) is 2.32. The summed E-state index contributed by atoms with van der Waals surface area (Å²) in [5, 5.41) is 0. The molecule has 0 N–H and O–H groups in total. The summed E-state index contributed by atoms with van der Waals surface area (Å²) in [4.78, 5) is 17.6. The number of piperidine rings is 1. The van der Waals surface area contributed by atoms with Gasteiger partial charge in [0.15, 0.2) is 11.5 Å². The number of likely N-dealkylation sites (tertiary alicyclic amines) is 2. The number of carbonyl (C=O) groups is 1. The standard InChI is InChI=1S/C27H36N2O3/c1-31-26-18-23(13-14-25(26)32-21-22-10-5-4-6-11-22)19-28-15-9-12-24(20-28)27(30)29-16-7-2-3-8-17-29/h4-6,10-11,13-14,18,24H,2-3,7-9,12,15-17,19-21H2,1H3. The molecule has 32 heavy (non-hydrogen) atoms. The molecule has 5 heteroatoms. The van der Waals surface area contributed by atoms with Crippen LogP contribution in [0.15, 0.2) is 48.5 Å². The first-order valence-electron chi connectivity index (χ1n) is 12.1. The number of hydrogen-bond donors (Lipinski definition) is 0. The van der Waals surface area contributed by atoms with Gasteiger partial charge in [-0.15, -0.1) is 0 Å². The summed E-state index contributed by atoms with van der Waals surface area (Å²) in [6.45, 7) is 5.12. The van der Waals surface area contributed by atoms with E-state index in [4.69, 9.17) is 9.47 Å². The quantitative estimate of drug-likeness (QED) is 0.620. The molecular formula is C27H36N2O3. The molecular weight excluding hydrogens is 400 g/mol. The SMILES string of the molecule is COc1cc(CN2CCCC(C(=O)N3CCCCCC3)C2)ccc1OCc1ccccc1. The molecule has 1 amide bonds. The summed E-state index contributed by atoms with van der Waals surface area (Å²) in [5.74, 6) is 2.02. The highest BCUT2D eigenvalue weighted by Crippen LogP contribution is 2.30. The van der Waals surface area contributed by atoms with Crippen molar-refractivity contribution >= 4 is 5.91 Å². The molecule has 2 fully saturated rings. The molecule has 2 aliphatic rings. The molecule has 0 radical (unpaired) electrons. The van der Waals surface area contributed by atoms with Crippen LogP contribution in [0.2, 0.25) is 0 Å². The summed E-state index contributed by atoms with van der Waals surface area (Å²) in [6.07, 6.45) is 6.92. The smallest absolute Gasteiger partial charge is 0.226 e. The molecule has 0 aromatic heterocycles. The normalized spacial score (nSPS) is 19.9. The van der Waals surface area contributed by atoms with Gasteiger partial charge in [0.25, 0.3) is 0 Å². The molecule has 1 atom stereocenters. The monoisotopic (exact) mass is 436 g/mol. The van der Waals surface area contributed by atoms with Gasteiger partial charge in [0.05, 0.1) is 13.0 Å². The molecule has 2 heterocycles. The van der Waals surface area contributed by atoms with Crippen molar-refractivity contribution in [3.8, 4) is 11.5 Å². The Morgan fingerprint density at radius 3 is 2.44 bits per heavy atom. The highest BCUT2D eigenvalue weighted by atomic mass is 16.5. The number of benzene rings is 2. The molecule has 2 aliphatic heterocycles. The fourth-order valence-corrected chi connectivity index (χ4v) is 4.87. The summed E-state index contributed by atoms with van der Waals surface area (Å²) >= 11 is 0. The Morgan fingerprint density at radius 1 is 0.906 bits per heavy atom. The van der Waals surface area contributed by atoms with Crippen LogP contribution in [0, 0.1) is 5.92 Å². The first-order chi connectivity index (χ1) is 15.7. The van der Waals surface area contributed by atoms with Gasteiger partial charge in [-0.1, -0.05) is 49.2 Å². The molecule has 4 rings (SSSR count). The summed E-state index contributed by atoms with van der Waals surface area (Å²) in [7, 11) is 1.69. The lowest BCUT2D eigenvalue weighted by atomic mass is 9.96. The summed E-state index contributed by atoms with van der Waals surface area (Å²) < 4.78 is 11.6. The van der Waals surface area contributed by atoms with E-state index in [1.54, 1.807) is 7.11 Å². The van der Waals surface area contributed by atoms with Crippen molar-refractivity contribution in [3.63, 3.8) is 0 Å². The van der Waals surface area contributed by atoms with Crippen molar-refractivity contribution < 1.29 is 14.3 Å². The third-order valence-corrected chi connectivity index (χ3v) is 6.64. The van der Waals surface area contributed by atoms with E-state index >= 15 is 0 Å². The predicted octanol–water partition coefficient (Wildman–Crippen LogP) is 4.89. The Labute approximate surface area is 192 Å². The van der Waals surface area contributed by atoms with Gasteiger partial charge in [-0.05, 0) is 55.5 Å². The van der Waals surface area contributed by atoms with Gasteiger partial charge in [0.2, 0.25) is 5.91 Å². The minimum atomic E-state index is 0.136. The van der Waals surface area contributed by atoms with Crippen LogP contribution in [0.3, 0.4) is 0 Å². The van der Waals surface area contributed by atoms with Crippen LogP contribution >= 0.6 is 0 Å². The van der Waals surface area contributed by atoms with Gasteiger partial charge < -0.3 is 14.4 Å². The van der Waals surface area contributed by atoms with Gasteiger partial charge in [-0.25, -0.2) is 0 Å². The van der Waals surface area contributed by atoms with Crippen LogP contribution < -0.4 is 9.47 Å². The van der Waals surface area contributed by atoms with E-state index in [0.29, 0.717) is 12.5 Å². The van der Waals surface area contributed by atoms with Crippen LogP contribution in [0.5, 0.6) is 11.5 Å². The first kappa shape index (κ1) is 22.7. The van der Waals surface area contributed by atoms with Gasteiger partial charge in [-0.2, -0.15) is 0 Å². The van der Waals surface area contributed by atoms with Crippen LogP contribution in [0.25, 0.3) is 0 Å². The fraction of sp³-hybridized carbons (Fsp3) is 0.519. The lowest BCUT2D eigenvalue weighted by molar-refractivity contribution is -0.137. The Hall–Kier alpha value is -2.53. The number of rotatable bonds is 7. The fourth-order valence-electron chi connectivity index (χ4n) is 4.87. The Morgan fingerprint density at radius 2 is 1.69 bits per heavy atom. The molecule has 2 aromatic rings. The van der Waals surface area contributed by atoms with E-state index in [1.165, 1.54) is 18.4 Å². The van der Waals surface area contributed by atoms with Gasteiger partial charge in [0.1, 0.15) is 6.61 Å². The van der Waals surface area contributed by atoms with Crippen molar-refractivity contribution in [2.75, 3.05) is 33.3 Å². The highest BCUT2D eigenvalue weighted by Gasteiger charge is 2.29. The maximum absolute atomic E-state index is 13.1. The molecule has 5 nitrogen and oxygen atoms in total. The summed E-state index contributed by atoms with van der Waals surface area (Å²) in [6, 6.07) is 16.3. The zero-order valence-corrected chi connectivity index (χ0v) is 19.3. The van der Waals surface area contributed by atoms with Crippen molar-refractivity contribution in [2.45, 2.75) is 51.7 Å². The lowest BCUT2D eigenvalue weighted by Gasteiger charge is -2.35. The molecule has 2 aromatic carbocycles. The number of hydrogen-bond acceptors (Lipinski definition) is 4. The minimum absolute atomic E-state index is 0.136. The number of amides is 1. The van der Waals surface area contributed by atoms with Crippen molar-refractivity contribution in [1.82, 2.24) is 9.80 Å². The van der Waals surface area contributed by atoms with Crippen LogP contribution in [0.4, 0.5) is 0 Å². The second-order valence-corrected chi connectivity index (χ2v) is 9.07. The van der Waals surface area contributed by atoms with Crippen molar-refractivity contribution in [1.29, 1.82) is 0 Å².